The smallest absolute Gasteiger partial charge is 0.274 e. The number of rotatable bonds is 3. The Bertz CT molecular complexity index is 414. The van der Waals surface area contributed by atoms with E-state index in [1.165, 1.54) is 0 Å². The summed E-state index contributed by atoms with van der Waals surface area (Å²) in [5.41, 5.74) is 1.63. The lowest BCUT2D eigenvalue weighted by atomic mass is 10.1. The van der Waals surface area contributed by atoms with E-state index < -0.39 is 0 Å². The fourth-order valence-corrected chi connectivity index (χ4v) is 1.99. The van der Waals surface area contributed by atoms with E-state index in [2.05, 4.69) is 5.32 Å². The van der Waals surface area contributed by atoms with Crippen LogP contribution in [0.1, 0.15) is 18.4 Å². The van der Waals surface area contributed by atoms with Crippen LogP contribution in [0.3, 0.4) is 0 Å². The molecule has 1 fully saturated rings. The summed E-state index contributed by atoms with van der Waals surface area (Å²) in [7, 11) is 0. The van der Waals surface area contributed by atoms with E-state index in [-0.39, 0.29) is 16.7 Å². The summed E-state index contributed by atoms with van der Waals surface area (Å²) in [4.78, 5) is 10.5. The first-order valence-electron chi connectivity index (χ1n) is 5.76. The van der Waals surface area contributed by atoms with Gasteiger partial charge in [-0.25, -0.2) is 0 Å². The standard InChI is InChI=1S/C12H16N2O3/c1-9-4-5-10(7-12(9)14(15)16)13-11-3-2-6-17-8-11/h4-5,7,11,13H,2-3,6,8H2,1H3. The molecule has 0 spiro atoms. The zero-order valence-corrected chi connectivity index (χ0v) is 9.81. The minimum absolute atomic E-state index is 0.159. The van der Waals surface area contributed by atoms with Crippen molar-refractivity contribution in [2.45, 2.75) is 25.8 Å². The summed E-state index contributed by atoms with van der Waals surface area (Å²) < 4.78 is 5.36. The van der Waals surface area contributed by atoms with Crippen molar-refractivity contribution in [3.8, 4) is 0 Å². The molecule has 1 aliphatic heterocycles. The van der Waals surface area contributed by atoms with E-state index >= 15 is 0 Å². The first-order valence-corrected chi connectivity index (χ1v) is 5.76. The molecule has 2 rings (SSSR count). The molecule has 0 saturated carbocycles. The fourth-order valence-electron chi connectivity index (χ4n) is 1.99. The van der Waals surface area contributed by atoms with Gasteiger partial charge in [-0.3, -0.25) is 10.1 Å². The summed E-state index contributed by atoms with van der Waals surface area (Å²) in [6.07, 6.45) is 2.08. The number of hydrogen-bond donors (Lipinski definition) is 1. The molecular formula is C12H16N2O3. The van der Waals surface area contributed by atoms with Gasteiger partial charge in [-0.05, 0) is 25.8 Å². The van der Waals surface area contributed by atoms with E-state index in [0.29, 0.717) is 12.2 Å². The van der Waals surface area contributed by atoms with Crippen LogP contribution in [0.15, 0.2) is 18.2 Å². The van der Waals surface area contributed by atoms with Gasteiger partial charge in [0.1, 0.15) is 0 Å². The summed E-state index contributed by atoms with van der Waals surface area (Å²) in [6, 6.07) is 5.48. The zero-order chi connectivity index (χ0) is 12.3. The van der Waals surface area contributed by atoms with Crippen LogP contribution in [0.25, 0.3) is 0 Å². The van der Waals surface area contributed by atoms with Crippen molar-refractivity contribution in [2.24, 2.45) is 0 Å². The monoisotopic (exact) mass is 236 g/mol. The molecule has 0 amide bonds. The van der Waals surface area contributed by atoms with Crippen LogP contribution in [0.5, 0.6) is 0 Å². The van der Waals surface area contributed by atoms with E-state index in [0.717, 1.165) is 25.1 Å². The molecule has 0 aliphatic carbocycles. The number of hydrogen-bond acceptors (Lipinski definition) is 4. The molecule has 1 saturated heterocycles. The minimum atomic E-state index is -0.349. The Morgan fingerprint density at radius 1 is 1.53 bits per heavy atom. The Labute approximate surface area is 99.9 Å². The lowest BCUT2D eigenvalue weighted by molar-refractivity contribution is -0.385. The predicted molar refractivity (Wildman–Crippen MR) is 65.3 cm³/mol. The number of benzene rings is 1. The largest absolute Gasteiger partial charge is 0.380 e. The summed E-state index contributed by atoms with van der Waals surface area (Å²) >= 11 is 0. The number of nitrogens with one attached hydrogen (secondary N) is 1. The SMILES string of the molecule is Cc1ccc(NC2CCCOC2)cc1[N+](=O)[O-]. The second-order valence-corrected chi connectivity index (χ2v) is 4.32. The maximum atomic E-state index is 10.8. The Kier molecular flexibility index (Phi) is 3.58. The lowest BCUT2D eigenvalue weighted by Crippen LogP contribution is -2.29. The van der Waals surface area contributed by atoms with Gasteiger partial charge in [-0.15, -0.1) is 0 Å². The van der Waals surface area contributed by atoms with Crippen LogP contribution in [-0.2, 0) is 4.74 Å². The molecule has 0 aromatic heterocycles. The molecule has 17 heavy (non-hydrogen) atoms. The van der Waals surface area contributed by atoms with Crippen molar-refractivity contribution in [3.05, 3.63) is 33.9 Å². The zero-order valence-electron chi connectivity index (χ0n) is 9.81. The van der Waals surface area contributed by atoms with Gasteiger partial charge < -0.3 is 10.1 Å². The van der Waals surface area contributed by atoms with Crippen LogP contribution in [-0.4, -0.2) is 24.2 Å². The average Bonchev–Trinajstić information content (AvgIpc) is 2.32. The highest BCUT2D eigenvalue weighted by Gasteiger charge is 2.16. The third-order valence-corrected chi connectivity index (χ3v) is 2.94. The molecule has 5 heteroatoms. The molecule has 1 aromatic rings. The predicted octanol–water partition coefficient (Wildman–Crippen LogP) is 2.49. The van der Waals surface area contributed by atoms with E-state index in [4.69, 9.17) is 4.74 Å². The summed E-state index contributed by atoms with van der Waals surface area (Å²) in [5.74, 6) is 0. The third-order valence-electron chi connectivity index (χ3n) is 2.94. The second-order valence-electron chi connectivity index (χ2n) is 4.32. The van der Waals surface area contributed by atoms with Crippen LogP contribution >= 0.6 is 0 Å². The first-order chi connectivity index (χ1) is 8.16. The molecule has 1 unspecified atom stereocenters. The van der Waals surface area contributed by atoms with Crippen molar-refractivity contribution < 1.29 is 9.66 Å². The van der Waals surface area contributed by atoms with Crippen molar-refractivity contribution in [3.63, 3.8) is 0 Å². The van der Waals surface area contributed by atoms with Crippen molar-refractivity contribution in [2.75, 3.05) is 18.5 Å². The molecule has 92 valence electrons. The molecule has 0 bridgehead atoms. The molecular weight excluding hydrogens is 220 g/mol. The fraction of sp³-hybridized carbons (Fsp3) is 0.500. The molecule has 1 N–H and O–H groups in total. The number of nitro benzene ring substituents is 1. The summed E-state index contributed by atoms with van der Waals surface area (Å²) in [5, 5.41) is 14.1. The lowest BCUT2D eigenvalue weighted by Gasteiger charge is -2.24. The van der Waals surface area contributed by atoms with Gasteiger partial charge in [0.2, 0.25) is 0 Å². The maximum absolute atomic E-state index is 10.8. The van der Waals surface area contributed by atoms with Crippen molar-refractivity contribution >= 4 is 11.4 Å². The number of ether oxygens (including phenoxy) is 1. The number of nitro groups is 1. The van der Waals surface area contributed by atoms with Gasteiger partial charge in [0.05, 0.1) is 11.5 Å². The highest BCUT2D eigenvalue weighted by atomic mass is 16.6. The van der Waals surface area contributed by atoms with E-state index in [9.17, 15) is 10.1 Å². The highest BCUT2D eigenvalue weighted by Crippen LogP contribution is 2.23. The van der Waals surface area contributed by atoms with Crippen molar-refractivity contribution in [1.29, 1.82) is 0 Å². The second kappa shape index (κ2) is 5.14. The average molecular weight is 236 g/mol. The normalized spacial score (nSPS) is 19.9. The van der Waals surface area contributed by atoms with Crippen LogP contribution in [0.2, 0.25) is 0 Å². The first kappa shape index (κ1) is 11.9. The topological polar surface area (TPSA) is 64.4 Å². The Hall–Kier alpha value is -1.62. The van der Waals surface area contributed by atoms with Gasteiger partial charge in [-0.1, -0.05) is 6.07 Å². The molecule has 1 aromatic carbocycles. The maximum Gasteiger partial charge on any atom is 0.274 e. The van der Waals surface area contributed by atoms with Gasteiger partial charge in [0, 0.05) is 30.0 Å². The van der Waals surface area contributed by atoms with E-state index in [1.807, 2.05) is 6.07 Å². The van der Waals surface area contributed by atoms with E-state index in [1.54, 1.807) is 19.1 Å². The van der Waals surface area contributed by atoms with Crippen molar-refractivity contribution in [1.82, 2.24) is 0 Å². The molecule has 1 heterocycles. The Balaban J connectivity index is 2.10. The van der Waals surface area contributed by atoms with Gasteiger partial charge in [-0.2, -0.15) is 0 Å². The molecule has 1 atom stereocenters. The van der Waals surface area contributed by atoms with Crippen LogP contribution < -0.4 is 5.32 Å². The quantitative estimate of drug-likeness (QED) is 0.647. The molecule has 5 nitrogen and oxygen atoms in total. The van der Waals surface area contributed by atoms with Gasteiger partial charge >= 0.3 is 0 Å². The highest BCUT2D eigenvalue weighted by molar-refractivity contribution is 5.55. The third kappa shape index (κ3) is 2.94. The molecule has 1 aliphatic rings. The van der Waals surface area contributed by atoms with Crippen LogP contribution in [0.4, 0.5) is 11.4 Å². The van der Waals surface area contributed by atoms with Crippen LogP contribution in [0, 0.1) is 17.0 Å². The number of aryl methyl sites for hydroxylation is 1. The Morgan fingerprint density at radius 3 is 3.00 bits per heavy atom. The number of nitrogens with zero attached hydrogens (tertiary/aromatic N) is 1. The molecule has 0 radical (unpaired) electrons. The van der Waals surface area contributed by atoms with Gasteiger partial charge in [0.25, 0.3) is 5.69 Å². The number of anilines is 1. The minimum Gasteiger partial charge on any atom is -0.380 e. The Morgan fingerprint density at radius 2 is 2.35 bits per heavy atom. The summed E-state index contributed by atoms with van der Waals surface area (Å²) in [6.45, 7) is 3.22. The van der Waals surface area contributed by atoms with Gasteiger partial charge in [0.15, 0.2) is 0 Å².